The van der Waals surface area contributed by atoms with Crippen LogP contribution in [0, 0.1) is 5.82 Å². The number of rotatable bonds is 8. The first-order chi connectivity index (χ1) is 22.2. The zero-order valence-corrected chi connectivity index (χ0v) is 24.6. The molecule has 46 heavy (non-hydrogen) atoms. The second kappa shape index (κ2) is 11.5. The van der Waals surface area contributed by atoms with Gasteiger partial charge >= 0.3 is 5.97 Å². The molecule has 5 aromatic rings. The summed E-state index contributed by atoms with van der Waals surface area (Å²) in [4.78, 5) is 41.3. The third kappa shape index (κ3) is 5.51. The Kier molecular flexibility index (Phi) is 7.36. The van der Waals surface area contributed by atoms with Gasteiger partial charge in [-0.15, -0.1) is 0 Å². The number of aromatic nitrogens is 1. The summed E-state index contributed by atoms with van der Waals surface area (Å²) < 4.78 is 28.9. The van der Waals surface area contributed by atoms with Gasteiger partial charge in [-0.25, -0.2) is 9.18 Å². The van der Waals surface area contributed by atoms with Gasteiger partial charge in [0.2, 0.25) is 5.43 Å². The lowest BCUT2D eigenvalue weighted by Gasteiger charge is -2.36. The van der Waals surface area contributed by atoms with E-state index >= 15 is 4.39 Å². The molecule has 1 aliphatic heterocycles. The maximum atomic E-state index is 15.3. The van der Waals surface area contributed by atoms with Crippen LogP contribution in [0.2, 0.25) is 0 Å². The van der Waals surface area contributed by atoms with Crippen LogP contribution in [0.5, 0.6) is 17.2 Å². The normalized spacial score (nSPS) is 15.5. The van der Waals surface area contributed by atoms with Crippen molar-refractivity contribution in [3.8, 4) is 28.6 Å². The van der Waals surface area contributed by atoms with E-state index in [1.54, 1.807) is 28.8 Å². The number of nitrogens with zero attached hydrogens (tertiary/aromatic N) is 3. The minimum Gasteiger partial charge on any atom is -0.508 e. The van der Waals surface area contributed by atoms with Gasteiger partial charge < -0.3 is 33.9 Å². The van der Waals surface area contributed by atoms with Crippen LogP contribution >= 0.6 is 0 Å². The Labute approximate surface area is 260 Å². The number of pyridine rings is 1. The van der Waals surface area contributed by atoms with Crippen molar-refractivity contribution in [1.29, 1.82) is 0 Å². The number of aromatic hydroxyl groups is 2. The highest BCUT2D eigenvalue weighted by molar-refractivity contribution is 5.93. The minimum atomic E-state index is -1.32. The van der Waals surface area contributed by atoms with Gasteiger partial charge in [-0.1, -0.05) is 0 Å². The average Bonchev–Trinajstić information content (AvgIpc) is 3.87. The molecule has 3 heterocycles. The van der Waals surface area contributed by atoms with E-state index in [0.717, 1.165) is 18.9 Å². The SMILES string of the molecule is O=C(O)c1cn(C2CC2)c2cc(N3CCN(CCOc4cc(O)c5c(=O)cc(-c6ccc(O)cc6)oc5c4)CC3)c(F)cc2c1=O. The number of anilines is 1. The number of hydrogen-bond donors (Lipinski definition) is 3. The van der Waals surface area contributed by atoms with Crippen LogP contribution in [0.3, 0.4) is 0 Å². The van der Waals surface area contributed by atoms with Crippen LogP contribution in [0.15, 0.2) is 74.8 Å². The number of phenols is 2. The van der Waals surface area contributed by atoms with Crippen molar-refractivity contribution in [3.05, 3.63) is 92.6 Å². The number of carbonyl (C=O) groups is 1. The average molecular weight is 628 g/mol. The van der Waals surface area contributed by atoms with Gasteiger partial charge in [-0.3, -0.25) is 14.5 Å². The Balaban J connectivity index is 1.02. The molecule has 0 amide bonds. The van der Waals surface area contributed by atoms with Gasteiger partial charge in [0.1, 0.15) is 52.0 Å². The van der Waals surface area contributed by atoms with Crippen molar-refractivity contribution < 1.29 is 33.7 Å². The highest BCUT2D eigenvalue weighted by Gasteiger charge is 2.28. The molecule has 12 heteroatoms. The van der Waals surface area contributed by atoms with Gasteiger partial charge in [-0.05, 0) is 49.2 Å². The molecule has 7 rings (SSSR count). The van der Waals surface area contributed by atoms with Crippen LogP contribution in [-0.2, 0) is 0 Å². The zero-order chi connectivity index (χ0) is 32.1. The highest BCUT2D eigenvalue weighted by Crippen LogP contribution is 2.38. The van der Waals surface area contributed by atoms with Gasteiger partial charge in [0, 0.05) is 74.1 Å². The standard InChI is InChI=1S/C34H30FN3O8/c35-25-15-23-26(38(20-3-4-20)18-24(33(23)42)34(43)44)16-27(25)37-9-7-36(8-10-37)11-12-45-22-13-28(40)32-29(41)17-30(46-31(32)14-22)19-1-5-21(39)6-2-19/h1-2,5-6,13-18,20,39-40H,3-4,7-12H2,(H,43,44). The lowest BCUT2D eigenvalue weighted by atomic mass is 10.1. The molecule has 0 atom stereocenters. The van der Waals surface area contributed by atoms with Crippen molar-refractivity contribution in [2.45, 2.75) is 18.9 Å². The number of halogens is 1. The Morgan fingerprint density at radius 1 is 0.978 bits per heavy atom. The van der Waals surface area contributed by atoms with E-state index in [1.807, 2.05) is 4.90 Å². The molecule has 2 aromatic heterocycles. The number of carboxylic acids is 1. The molecule has 1 aliphatic carbocycles. The van der Waals surface area contributed by atoms with Crippen LogP contribution in [0.25, 0.3) is 33.2 Å². The van der Waals surface area contributed by atoms with Gasteiger partial charge in [-0.2, -0.15) is 0 Å². The predicted octanol–water partition coefficient (Wildman–Crippen LogP) is 4.56. The number of carboxylic acid groups (broad SMARTS) is 1. The fraction of sp³-hybridized carbons (Fsp3) is 0.265. The van der Waals surface area contributed by atoms with Crippen molar-refractivity contribution in [1.82, 2.24) is 9.47 Å². The Bertz CT molecular complexity index is 2110. The molecule has 11 nitrogen and oxygen atoms in total. The van der Waals surface area contributed by atoms with E-state index in [2.05, 4.69) is 4.90 Å². The summed E-state index contributed by atoms with van der Waals surface area (Å²) in [5.74, 6) is -1.44. The first-order valence-corrected chi connectivity index (χ1v) is 15.0. The molecule has 236 valence electrons. The third-order valence-electron chi connectivity index (χ3n) is 8.60. The monoisotopic (exact) mass is 627 g/mol. The maximum absolute atomic E-state index is 15.3. The molecule has 2 aliphatic rings. The van der Waals surface area contributed by atoms with E-state index in [1.165, 1.54) is 30.5 Å². The lowest BCUT2D eigenvalue weighted by Crippen LogP contribution is -2.47. The van der Waals surface area contributed by atoms with Crippen molar-refractivity contribution >= 4 is 33.5 Å². The van der Waals surface area contributed by atoms with Crippen LogP contribution in [-0.4, -0.2) is 70.1 Å². The summed E-state index contributed by atoms with van der Waals surface area (Å²) >= 11 is 0. The van der Waals surface area contributed by atoms with Crippen molar-refractivity contribution in [2.24, 2.45) is 0 Å². The van der Waals surface area contributed by atoms with Gasteiger partial charge in [0.05, 0.1) is 11.2 Å². The van der Waals surface area contributed by atoms with E-state index < -0.39 is 22.6 Å². The molecule has 2 fully saturated rings. The molecule has 3 aromatic carbocycles. The molecular formula is C34H30FN3O8. The lowest BCUT2D eigenvalue weighted by molar-refractivity contribution is 0.0694. The predicted molar refractivity (Wildman–Crippen MR) is 169 cm³/mol. The smallest absolute Gasteiger partial charge is 0.341 e. The zero-order valence-electron chi connectivity index (χ0n) is 24.6. The molecule has 0 bridgehead atoms. The fourth-order valence-electron chi connectivity index (χ4n) is 6.01. The van der Waals surface area contributed by atoms with Gasteiger partial charge in [0.25, 0.3) is 0 Å². The van der Waals surface area contributed by atoms with Crippen molar-refractivity contribution in [3.63, 3.8) is 0 Å². The minimum absolute atomic E-state index is 0.0448. The molecule has 3 N–H and O–H groups in total. The quantitative estimate of drug-likeness (QED) is 0.224. The fourth-order valence-corrected chi connectivity index (χ4v) is 6.01. The summed E-state index contributed by atoms with van der Waals surface area (Å²) in [6.45, 7) is 3.17. The summed E-state index contributed by atoms with van der Waals surface area (Å²) in [5.41, 5.74) is 0.223. The number of fused-ring (bicyclic) bond motifs is 2. The van der Waals surface area contributed by atoms with E-state index in [-0.39, 0.29) is 51.8 Å². The summed E-state index contributed by atoms with van der Waals surface area (Å²) in [6, 6.07) is 13.4. The highest BCUT2D eigenvalue weighted by atomic mass is 19.1. The Morgan fingerprint density at radius 2 is 1.72 bits per heavy atom. The number of piperazine rings is 1. The molecule has 1 saturated carbocycles. The number of benzene rings is 3. The second-order valence-electron chi connectivity index (χ2n) is 11.7. The summed E-state index contributed by atoms with van der Waals surface area (Å²) in [7, 11) is 0. The van der Waals surface area contributed by atoms with E-state index in [9.17, 15) is 29.7 Å². The first kappa shape index (κ1) is 29.4. The maximum Gasteiger partial charge on any atom is 0.341 e. The number of aromatic carboxylic acids is 1. The molecule has 1 saturated heterocycles. The number of phenolic OH excluding ortho intramolecular Hbond substituents is 2. The van der Waals surface area contributed by atoms with Gasteiger partial charge in [0.15, 0.2) is 5.43 Å². The number of ether oxygens (including phenoxy) is 1. The molecule has 0 spiro atoms. The van der Waals surface area contributed by atoms with E-state index in [4.69, 9.17) is 9.15 Å². The topological polar surface area (TPSA) is 146 Å². The molecule has 0 radical (unpaired) electrons. The number of hydrogen-bond acceptors (Lipinski definition) is 9. The first-order valence-electron chi connectivity index (χ1n) is 15.0. The Hall–Kier alpha value is -5.36. The summed E-state index contributed by atoms with van der Waals surface area (Å²) in [5, 5.41) is 29.7. The Morgan fingerprint density at radius 3 is 2.41 bits per heavy atom. The van der Waals surface area contributed by atoms with Crippen LogP contribution < -0.4 is 20.5 Å². The second-order valence-corrected chi connectivity index (χ2v) is 11.7. The largest absolute Gasteiger partial charge is 0.508 e. The van der Waals surface area contributed by atoms with Crippen LogP contribution in [0.1, 0.15) is 29.2 Å². The van der Waals surface area contributed by atoms with E-state index in [0.29, 0.717) is 55.2 Å². The molecule has 0 unspecified atom stereocenters. The van der Waals surface area contributed by atoms with Crippen molar-refractivity contribution in [2.75, 3.05) is 44.2 Å². The van der Waals surface area contributed by atoms with Crippen LogP contribution in [0.4, 0.5) is 10.1 Å². The molecular weight excluding hydrogens is 597 g/mol. The third-order valence-corrected chi connectivity index (χ3v) is 8.60. The summed E-state index contributed by atoms with van der Waals surface area (Å²) in [6.07, 6.45) is 3.12.